The minimum absolute atomic E-state index is 0.00514. The molecule has 134 valence electrons. The van der Waals surface area contributed by atoms with Gasteiger partial charge in [0.15, 0.2) is 0 Å². The van der Waals surface area contributed by atoms with Crippen molar-refractivity contribution in [3.63, 3.8) is 0 Å². The fourth-order valence-corrected chi connectivity index (χ4v) is 2.59. The fraction of sp³-hybridized carbons (Fsp3) is 0.267. The molecule has 1 aromatic heterocycles. The van der Waals surface area contributed by atoms with Crippen LogP contribution in [0.15, 0.2) is 30.3 Å². The van der Waals surface area contributed by atoms with Gasteiger partial charge in [-0.2, -0.15) is 13.2 Å². The second-order valence-electron chi connectivity index (χ2n) is 4.91. The number of nitrogens with zero attached hydrogens (tertiary/aromatic N) is 1. The van der Waals surface area contributed by atoms with Gasteiger partial charge in [0.2, 0.25) is 0 Å². The van der Waals surface area contributed by atoms with Crippen LogP contribution in [0.1, 0.15) is 28.6 Å². The van der Waals surface area contributed by atoms with Crippen LogP contribution in [0.2, 0.25) is 0 Å². The number of halogens is 3. The number of nitro groups is 1. The third-order valence-electron chi connectivity index (χ3n) is 3.01. The maximum absolute atomic E-state index is 12.9. The quantitative estimate of drug-likeness (QED) is 0.586. The molecule has 0 aliphatic rings. The monoisotopic (exact) mass is 374 g/mol. The van der Waals surface area contributed by atoms with Crippen LogP contribution >= 0.6 is 11.3 Å². The number of carbonyl (C=O) groups is 1. The summed E-state index contributed by atoms with van der Waals surface area (Å²) < 4.78 is 44.0. The molecule has 0 spiro atoms. The van der Waals surface area contributed by atoms with Crippen LogP contribution < -0.4 is 10.1 Å². The summed E-state index contributed by atoms with van der Waals surface area (Å²) in [6.45, 7) is 2.09. The molecule has 25 heavy (non-hydrogen) atoms. The Morgan fingerprint density at radius 2 is 2.04 bits per heavy atom. The Balaban J connectivity index is 2.30. The summed E-state index contributed by atoms with van der Waals surface area (Å²) in [5.41, 5.74) is -1.09. The Hall–Kier alpha value is -2.62. The third kappa shape index (κ3) is 4.69. The molecule has 2 rings (SSSR count). The van der Waals surface area contributed by atoms with Crippen LogP contribution in [0, 0.1) is 10.1 Å². The average molecular weight is 374 g/mol. The van der Waals surface area contributed by atoms with Gasteiger partial charge < -0.3 is 10.1 Å². The molecular formula is C15H13F3N2O4S. The predicted molar refractivity (Wildman–Crippen MR) is 86.2 cm³/mol. The highest BCUT2D eigenvalue weighted by Gasteiger charge is 2.31. The maximum Gasteiger partial charge on any atom is 0.416 e. The molecule has 0 aliphatic carbocycles. The molecule has 0 atom stereocenters. The standard InChI is InChI=1S/C15H13F3N2O4S/c1-2-7-24-11-4-3-9(15(16,17)18)8-10(11)19-14(21)12-5-6-13(25-12)20(22)23/h3-6,8H,2,7H2,1H3,(H,19,21). The molecule has 0 unspecified atom stereocenters. The molecule has 6 nitrogen and oxygen atoms in total. The lowest BCUT2D eigenvalue weighted by atomic mass is 10.1. The molecular weight excluding hydrogens is 361 g/mol. The van der Waals surface area contributed by atoms with Crippen LogP contribution in [0.3, 0.4) is 0 Å². The normalized spacial score (nSPS) is 11.2. The molecule has 1 heterocycles. The zero-order chi connectivity index (χ0) is 18.6. The van der Waals surface area contributed by atoms with Gasteiger partial charge in [0.1, 0.15) is 5.75 Å². The van der Waals surface area contributed by atoms with Crippen molar-refractivity contribution >= 4 is 27.9 Å². The van der Waals surface area contributed by atoms with Crippen LogP contribution in [0.25, 0.3) is 0 Å². The largest absolute Gasteiger partial charge is 0.491 e. The van der Waals surface area contributed by atoms with Crippen LogP contribution in [0.5, 0.6) is 5.75 Å². The van der Waals surface area contributed by atoms with Crippen molar-refractivity contribution in [1.29, 1.82) is 0 Å². The van der Waals surface area contributed by atoms with E-state index in [1.807, 2.05) is 6.92 Å². The Morgan fingerprint density at radius 1 is 1.32 bits per heavy atom. The van der Waals surface area contributed by atoms with E-state index in [2.05, 4.69) is 5.32 Å². The number of benzene rings is 1. The fourth-order valence-electron chi connectivity index (χ4n) is 1.87. The van der Waals surface area contributed by atoms with Crippen molar-refractivity contribution in [1.82, 2.24) is 0 Å². The zero-order valence-electron chi connectivity index (χ0n) is 12.9. The number of ether oxygens (including phenoxy) is 1. The summed E-state index contributed by atoms with van der Waals surface area (Å²) >= 11 is 0.628. The number of alkyl halides is 3. The van der Waals surface area contributed by atoms with E-state index in [1.165, 1.54) is 6.07 Å². The van der Waals surface area contributed by atoms with Gasteiger partial charge in [-0.1, -0.05) is 18.3 Å². The molecule has 0 bridgehead atoms. The van der Waals surface area contributed by atoms with Gasteiger partial charge >= 0.3 is 11.2 Å². The molecule has 1 amide bonds. The first-order chi connectivity index (χ1) is 11.7. The second-order valence-corrected chi connectivity index (χ2v) is 5.97. The van der Waals surface area contributed by atoms with E-state index in [0.29, 0.717) is 17.8 Å². The lowest BCUT2D eigenvalue weighted by Crippen LogP contribution is -2.13. The number of amides is 1. The average Bonchev–Trinajstić information content (AvgIpc) is 3.03. The van der Waals surface area contributed by atoms with E-state index in [1.54, 1.807) is 0 Å². The van der Waals surface area contributed by atoms with Gasteiger partial charge in [0.05, 0.1) is 27.7 Å². The minimum Gasteiger partial charge on any atom is -0.491 e. The van der Waals surface area contributed by atoms with E-state index in [4.69, 9.17) is 4.74 Å². The summed E-state index contributed by atoms with van der Waals surface area (Å²) in [6.07, 6.45) is -3.95. The van der Waals surface area contributed by atoms with E-state index in [0.717, 1.165) is 24.3 Å². The maximum atomic E-state index is 12.9. The molecule has 1 N–H and O–H groups in total. The molecule has 0 saturated carbocycles. The van der Waals surface area contributed by atoms with E-state index in [9.17, 15) is 28.1 Å². The summed E-state index contributed by atoms with van der Waals surface area (Å²) in [5.74, 6) is -0.659. The lowest BCUT2D eigenvalue weighted by Gasteiger charge is -2.14. The highest BCUT2D eigenvalue weighted by atomic mass is 32.1. The number of thiophene rings is 1. The number of carbonyl (C=O) groups excluding carboxylic acids is 1. The third-order valence-corrected chi connectivity index (χ3v) is 4.05. The molecule has 10 heteroatoms. The molecule has 2 aromatic rings. The van der Waals surface area contributed by atoms with Crippen molar-refractivity contribution in [2.75, 3.05) is 11.9 Å². The lowest BCUT2D eigenvalue weighted by molar-refractivity contribution is -0.380. The van der Waals surface area contributed by atoms with Gasteiger partial charge in [-0.3, -0.25) is 14.9 Å². The molecule has 1 aromatic carbocycles. The predicted octanol–water partition coefficient (Wildman–Crippen LogP) is 4.72. The molecule has 0 radical (unpaired) electrons. The van der Waals surface area contributed by atoms with Crippen LogP contribution in [-0.4, -0.2) is 17.4 Å². The number of hydrogen-bond donors (Lipinski definition) is 1. The first-order valence-electron chi connectivity index (χ1n) is 7.12. The van der Waals surface area contributed by atoms with Crippen molar-refractivity contribution < 1.29 is 27.6 Å². The summed E-state index contributed by atoms with van der Waals surface area (Å²) in [7, 11) is 0. The molecule has 0 saturated heterocycles. The highest BCUT2D eigenvalue weighted by molar-refractivity contribution is 7.17. The zero-order valence-corrected chi connectivity index (χ0v) is 13.7. The smallest absolute Gasteiger partial charge is 0.416 e. The number of hydrogen-bond acceptors (Lipinski definition) is 5. The number of rotatable bonds is 6. The van der Waals surface area contributed by atoms with E-state index in [-0.39, 0.29) is 27.9 Å². The summed E-state index contributed by atoms with van der Waals surface area (Å²) in [5, 5.41) is 12.7. The van der Waals surface area contributed by atoms with Crippen molar-refractivity contribution in [2.45, 2.75) is 19.5 Å². The van der Waals surface area contributed by atoms with Gasteiger partial charge in [-0.15, -0.1) is 0 Å². The van der Waals surface area contributed by atoms with E-state index < -0.39 is 22.6 Å². The Kier molecular flexibility index (Phi) is 5.62. The highest BCUT2D eigenvalue weighted by Crippen LogP contribution is 2.35. The topological polar surface area (TPSA) is 81.5 Å². The Labute approximate surface area is 144 Å². The van der Waals surface area contributed by atoms with Crippen molar-refractivity contribution in [2.24, 2.45) is 0 Å². The summed E-state index contributed by atoms with van der Waals surface area (Å²) in [4.78, 5) is 22.2. The number of anilines is 1. The van der Waals surface area contributed by atoms with Crippen LogP contribution in [-0.2, 0) is 6.18 Å². The Morgan fingerprint density at radius 3 is 2.60 bits per heavy atom. The summed E-state index contributed by atoms with van der Waals surface area (Å²) in [6, 6.07) is 5.14. The van der Waals surface area contributed by atoms with E-state index >= 15 is 0 Å². The van der Waals surface area contributed by atoms with Gasteiger partial charge in [0.25, 0.3) is 5.91 Å². The first kappa shape index (κ1) is 18.7. The molecule has 0 fully saturated rings. The molecule has 0 aliphatic heterocycles. The van der Waals surface area contributed by atoms with Crippen LogP contribution in [0.4, 0.5) is 23.9 Å². The Bertz CT molecular complexity index is 789. The van der Waals surface area contributed by atoms with Gasteiger partial charge in [-0.05, 0) is 30.7 Å². The van der Waals surface area contributed by atoms with Gasteiger partial charge in [0, 0.05) is 6.07 Å². The SMILES string of the molecule is CCCOc1ccc(C(F)(F)F)cc1NC(=O)c1ccc([N+](=O)[O-])s1. The second kappa shape index (κ2) is 7.51. The minimum atomic E-state index is -4.58. The van der Waals surface area contributed by atoms with Crippen molar-refractivity contribution in [3.05, 3.63) is 50.9 Å². The number of nitrogens with one attached hydrogen (secondary N) is 1. The van der Waals surface area contributed by atoms with Gasteiger partial charge in [-0.25, -0.2) is 0 Å². The first-order valence-corrected chi connectivity index (χ1v) is 7.93. The van der Waals surface area contributed by atoms with Crippen molar-refractivity contribution in [3.8, 4) is 5.75 Å².